The number of rotatable bonds is 2. The summed E-state index contributed by atoms with van der Waals surface area (Å²) in [7, 11) is 0. The first-order valence-corrected chi connectivity index (χ1v) is 8.03. The fourth-order valence-electron chi connectivity index (χ4n) is 2.35. The fraction of sp³-hybridized carbons (Fsp3) is 0.533. The summed E-state index contributed by atoms with van der Waals surface area (Å²) < 4.78 is 5.38. The van der Waals surface area contributed by atoms with Crippen LogP contribution in [0.3, 0.4) is 0 Å². The van der Waals surface area contributed by atoms with E-state index in [1.54, 1.807) is 11.8 Å². The van der Waals surface area contributed by atoms with E-state index in [4.69, 9.17) is 4.74 Å². The molecule has 0 atom stereocenters. The molecule has 2 aliphatic rings. The molecule has 1 aromatic rings. The quantitative estimate of drug-likeness (QED) is 0.909. The summed E-state index contributed by atoms with van der Waals surface area (Å²) >= 11 is 1.79. The molecule has 3 rings (SSSR count). The van der Waals surface area contributed by atoms with Crippen LogP contribution < -0.4 is 10.2 Å². The van der Waals surface area contributed by atoms with Crippen LogP contribution in [0.15, 0.2) is 29.3 Å². The maximum absolute atomic E-state index is 5.38. The summed E-state index contributed by atoms with van der Waals surface area (Å²) in [5.74, 6) is 1.04. The van der Waals surface area contributed by atoms with Crippen molar-refractivity contribution in [3.05, 3.63) is 24.3 Å². The van der Waals surface area contributed by atoms with Gasteiger partial charge in [-0.25, -0.2) is 0 Å². The molecule has 1 N–H and O–H groups in total. The van der Waals surface area contributed by atoms with Crippen LogP contribution in [0.2, 0.25) is 0 Å². The highest BCUT2D eigenvalue weighted by Gasteiger charge is 2.25. The molecule has 2 heterocycles. The predicted molar refractivity (Wildman–Crippen MR) is 87.1 cm³/mol. The molecule has 20 heavy (non-hydrogen) atoms. The summed E-state index contributed by atoms with van der Waals surface area (Å²) in [6.45, 7) is 7.92. The Labute approximate surface area is 124 Å². The molecule has 0 aromatic heterocycles. The van der Waals surface area contributed by atoms with Gasteiger partial charge in [-0.2, -0.15) is 0 Å². The Morgan fingerprint density at radius 1 is 1.20 bits per heavy atom. The number of aliphatic imine (C=N–C) groups is 1. The molecule has 0 radical (unpaired) electrons. The van der Waals surface area contributed by atoms with Crippen molar-refractivity contribution in [3.63, 3.8) is 0 Å². The van der Waals surface area contributed by atoms with E-state index in [-0.39, 0.29) is 5.54 Å². The van der Waals surface area contributed by atoms with Crippen molar-refractivity contribution < 1.29 is 4.74 Å². The number of hydrogen-bond donors (Lipinski definition) is 1. The normalized spacial score (nSPS) is 21.7. The van der Waals surface area contributed by atoms with Crippen molar-refractivity contribution in [1.29, 1.82) is 0 Å². The second-order valence-electron chi connectivity index (χ2n) is 5.79. The first kappa shape index (κ1) is 13.8. The third-order valence-corrected chi connectivity index (χ3v) is 4.78. The molecule has 0 amide bonds. The third kappa shape index (κ3) is 3.27. The van der Waals surface area contributed by atoms with Crippen molar-refractivity contribution in [2.75, 3.05) is 42.3 Å². The Kier molecular flexibility index (Phi) is 3.89. The van der Waals surface area contributed by atoms with Crippen molar-refractivity contribution >= 4 is 28.3 Å². The molecule has 0 aliphatic carbocycles. The van der Waals surface area contributed by atoms with Gasteiger partial charge < -0.3 is 15.0 Å². The smallest absolute Gasteiger partial charge is 0.161 e. The van der Waals surface area contributed by atoms with Crippen LogP contribution in [0.25, 0.3) is 0 Å². The van der Waals surface area contributed by atoms with Crippen LogP contribution in [0.5, 0.6) is 0 Å². The number of ether oxygens (including phenoxy) is 1. The molecule has 1 aromatic carbocycles. The van der Waals surface area contributed by atoms with E-state index >= 15 is 0 Å². The molecule has 0 saturated carbocycles. The van der Waals surface area contributed by atoms with Gasteiger partial charge in [0.05, 0.1) is 18.8 Å². The van der Waals surface area contributed by atoms with E-state index in [1.807, 2.05) is 0 Å². The number of benzene rings is 1. The Bertz CT molecular complexity index is 492. The molecular weight excluding hydrogens is 270 g/mol. The minimum atomic E-state index is 0.0563. The minimum absolute atomic E-state index is 0.0563. The van der Waals surface area contributed by atoms with Crippen LogP contribution >= 0.6 is 11.8 Å². The van der Waals surface area contributed by atoms with Crippen LogP contribution in [0.1, 0.15) is 13.8 Å². The number of hydrogen-bond acceptors (Lipinski definition) is 5. The number of thioether (sulfide) groups is 1. The molecule has 5 heteroatoms. The lowest BCUT2D eigenvalue weighted by atomic mass is 10.1. The molecular formula is C15H21N3OS. The zero-order valence-corrected chi connectivity index (χ0v) is 12.9. The van der Waals surface area contributed by atoms with Gasteiger partial charge in [0.15, 0.2) is 5.17 Å². The highest BCUT2D eigenvalue weighted by Crippen LogP contribution is 2.28. The monoisotopic (exact) mass is 291 g/mol. The highest BCUT2D eigenvalue weighted by molar-refractivity contribution is 8.14. The van der Waals surface area contributed by atoms with Gasteiger partial charge in [0.2, 0.25) is 0 Å². The van der Waals surface area contributed by atoms with E-state index in [9.17, 15) is 0 Å². The predicted octanol–water partition coefficient (Wildman–Crippen LogP) is 2.82. The van der Waals surface area contributed by atoms with Gasteiger partial charge >= 0.3 is 0 Å². The van der Waals surface area contributed by atoms with Gasteiger partial charge in [0, 0.05) is 30.2 Å². The topological polar surface area (TPSA) is 36.9 Å². The van der Waals surface area contributed by atoms with Crippen molar-refractivity contribution in [1.82, 2.24) is 0 Å². The van der Waals surface area contributed by atoms with Crippen LogP contribution in [0.4, 0.5) is 11.4 Å². The van der Waals surface area contributed by atoms with Crippen molar-refractivity contribution in [3.8, 4) is 0 Å². The van der Waals surface area contributed by atoms with Crippen molar-refractivity contribution in [2.45, 2.75) is 19.4 Å². The standard InChI is InChI=1S/C15H21N3OS/c1-15(2)11-20-14(17-15)16-12-3-5-13(6-4-12)18-7-9-19-10-8-18/h3-6H,7-11H2,1-2H3,(H,16,17). The number of anilines is 2. The van der Waals surface area contributed by atoms with E-state index in [0.29, 0.717) is 0 Å². The van der Waals surface area contributed by atoms with Crippen LogP contribution in [-0.2, 0) is 4.74 Å². The molecule has 108 valence electrons. The number of amidine groups is 1. The molecule has 1 saturated heterocycles. The average Bonchev–Trinajstić information content (AvgIpc) is 2.80. The van der Waals surface area contributed by atoms with Crippen molar-refractivity contribution in [2.24, 2.45) is 4.99 Å². The summed E-state index contributed by atoms with van der Waals surface area (Å²) in [6, 6.07) is 8.58. The summed E-state index contributed by atoms with van der Waals surface area (Å²) in [5, 5.41) is 4.42. The average molecular weight is 291 g/mol. The Morgan fingerprint density at radius 2 is 1.90 bits per heavy atom. The Morgan fingerprint density at radius 3 is 2.50 bits per heavy atom. The summed E-state index contributed by atoms with van der Waals surface area (Å²) in [5.41, 5.74) is 2.42. The highest BCUT2D eigenvalue weighted by atomic mass is 32.2. The zero-order chi connectivity index (χ0) is 14.0. The fourth-order valence-corrected chi connectivity index (χ4v) is 3.41. The number of nitrogens with zero attached hydrogens (tertiary/aromatic N) is 2. The number of morpholine rings is 1. The summed E-state index contributed by atoms with van der Waals surface area (Å²) in [4.78, 5) is 7.03. The van der Waals surface area contributed by atoms with Gasteiger partial charge in [-0.05, 0) is 38.1 Å². The first-order valence-electron chi connectivity index (χ1n) is 7.05. The van der Waals surface area contributed by atoms with Gasteiger partial charge in [-0.15, -0.1) is 0 Å². The SMILES string of the molecule is CC1(C)CSC(Nc2ccc(N3CCOCC3)cc2)=N1. The third-order valence-electron chi connectivity index (χ3n) is 3.46. The second kappa shape index (κ2) is 5.66. The van der Waals surface area contributed by atoms with E-state index < -0.39 is 0 Å². The van der Waals surface area contributed by atoms with Gasteiger partial charge in [0.25, 0.3) is 0 Å². The minimum Gasteiger partial charge on any atom is -0.378 e. The molecule has 2 aliphatic heterocycles. The van der Waals surface area contributed by atoms with Crippen LogP contribution in [-0.4, -0.2) is 42.8 Å². The lowest BCUT2D eigenvalue weighted by molar-refractivity contribution is 0.122. The summed E-state index contributed by atoms with van der Waals surface area (Å²) in [6.07, 6.45) is 0. The van der Waals surface area contributed by atoms with E-state index in [1.165, 1.54) is 5.69 Å². The van der Waals surface area contributed by atoms with E-state index in [0.717, 1.165) is 42.9 Å². The maximum Gasteiger partial charge on any atom is 0.161 e. The Balaban J connectivity index is 1.64. The van der Waals surface area contributed by atoms with Gasteiger partial charge in [-0.3, -0.25) is 4.99 Å². The van der Waals surface area contributed by atoms with Gasteiger partial charge in [-0.1, -0.05) is 11.8 Å². The second-order valence-corrected chi connectivity index (χ2v) is 6.75. The Hall–Kier alpha value is -1.20. The molecule has 0 unspecified atom stereocenters. The molecule has 1 fully saturated rings. The molecule has 0 bridgehead atoms. The molecule has 0 spiro atoms. The van der Waals surface area contributed by atoms with Crippen LogP contribution in [0, 0.1) is 0 Å². The lowest BCUT2D eigenvalue weighted by Gasteiger charge is -2.28. The maximum atomic E-state index is 5.38. The zero-order valence-electron chi connectivity index (χ0n) is 12.1. The van der Waals surface area contributed by atoms with E-state index in [2.05, 4.69) is 53.3 Å². The number of nitrogens with one attached hydrogen (secondary N) is 1. The largest absolute Gasteiger partial charge is 0.378 e. The van der Waals surface area contributed by atoms with Gasteiger partial charge in [0.1, 0.15) is 0 Å². The first-order chi connectivity index (χ1) is 9.62. The molecule has 4 nitrogen and oxygen atoms in total. The lowest BCUT2D eigenvalue weighted by Crippen LogP contribution is -2.36.